The molecule has 0 aliphatic heterocycles. The molecule has 3 nitrogen and oxygen atoms in total. The molecular formula is C14H21Br2NO2. The first-order chi connectivity index (χ1) is 9.12. The molecule has 0 aliphatic carbocycles. The van der Waals surface area contributed by atoms with Gasteiger partial charge >= 0.3 is 0 Å². The normalized spacial score (nSPS) is 12.5. The quantitative estimate of drug-likeness (QED) is 0.719. The van der Waals surface area contributed by atoms with Crippen LogP contribution in [0.15, 0.2) is 21.1 Å². The highest BCUT2D eigenvalue weighted by Gasteiger charge is 2.12. The summed E-state index contributed by atoms with van der Waals surface area (Å²) >= 11 is 7.06. The van der Waals surface area contributed by atoms with Crippen LogP contribution in [0, 0.1) is 0 Å². The first-order valence-corrected chi connectivity index (χ1v) is 8.03. The maximum atomic E-state index is 5.71. The number of rotatable bonds is 8. The van der Waals surface area contributed by atoms with Crippen LogP contribution in [-0.2, 0) is 11.3 Å². The van der Waals surface area contributed by atoms with Crippen molar-refractivity contribution >= 4 is 31.9 Å². The largest absolute Gasteiger partial charge is 0.492 e. The van der Waals surface area contributed by atoms with Gasteiger partial charge in [-0.05, 0) is 41.4 Å². The van der Waals surface area contributed by atoms with Crippen molar-refractivity contribution in [3.8, 4) is 5.75 Å². The molecule has 0 aliphatic rings. The predicted octanol–water partition coefficient (Wildman–Crippen LogP) is 4.12. The van der Waals surface area contributed by atoms with Crippen molar-refractivity contribution in [1.82, 2.24) is 5.32 Å². The summed E-state index contributed by atoms with van der Waals surface area (Å²) in [5.41, 5.74) is 1.14. The third kappa shape index (κ3) is 5.42. The lowest BCUT2D eigenvalue weighted by atomic mass is 10.1. The van der Waals surface area contributed by atoms with Crippen LogP contribution in [0.3, 0.4) is 0 Å². The van der Waals surface area contributed by atoms with E-state index in [1.807, 2.05) is 13.0 Å². The fourth-order valence-corrected chi connectivity index (χ4v) is 3.26. The molecule has 0 amide bonds. The molecule has 0 radical (unpaired) electrons. The number of methoxy groups -OCH3 is 1. The molecule has 1 rings (SSSR count). The Hall–Kier alpha value is -0.100. The van der Waals surface area contributed by atoms with Gasteiger partial charge in [0.25, 0.3) is 0 Å². The highest BCUT2D eigenvalue weighted by Crippen LogP contribution is 2.33. The molecule has 1 unspecified atom stereocenters. The van der Waals surface area contributed by atoms with Crippen molar-refractivity contribution in [2.45, 2.75) is 32.9 Å². The summed E-state index contributed by atoms with van der Waals surface area (Å²) in [4.78, 5) is 0. The molecule has 19 heavy (non-hydrogen) atoms. The lowest BCUT2D eigenvalue weighted by Crippen LogP contribution is -2.32. The minimum atomic E-state index is 0.359. The Bertz CT molecular complexity index is 399. The Morgan fingerprint density at radius 1 is 1.26 bits per heavy atom. The van der Waals surface area contributed by atoms with Gasteiger partial charge in [-0.1, -0.05) is 22.9 Å². The molecule has 1 N–H and O–H groups in total. The summed E-state index contributed by atoms with van der Waals surface area (Å²) in [6.07, 6.45) is 1.03. The van der Waals surface area contributed by atoms with Crippen LogP contribution in [-0.4, -0.2) is 26.4 Å². The number of ether oxygens (including phenoxy) is 2. The zero-order chi connectivity index (χ0) is 14.3. The van der Waals surface area contributed by atoms with Crippen LogP contribution in [0.1, 0.15) is 25.8 Å². The smallest absolute Gasteiger partial charge is 0.138 e. The molecule has 108 valence electrons. The maximum Gasteiger partial charge on any atom is 0.138 e. The van der Waals surface area contributed by atoms with Crippen molar-refractivity contribution in [1.29, 1.82) is 0 Å². The zero-order valence-electron chi connectivity index (χ0n) is 11.6. The molecule has 1 atom stereocenters. The van der Waals surface area contributed by atoms with Crippen molar-refractivity contribution < 1.29 is 9.47 Å². The number of hydrogen-bond acceptors (Lipinski definition) is 3. The van der Waals surface area contributed by atoms with Crippen LogP contribution in [0.25, 0.3) is 0 Å². The number of hydrogen-bond donors (Lipinski definition) is 1. The number of nitrogens with one attached hydrogen (secondary N) is 1. The van der Waals surface area contributed by atoms with Crippen molar-refractivity contribution in [2.24, 2.45) is 0 Å². The van der Waals surface area contributed by atoms with Crippen LogP contribution in [0.2, 0.25) is 0 Å². The molecule has 0 heterocycles. The van der Waals surface area contributed by atoms with Crippen molar-refractivity contribution in [3.63, 3.8) is 0 Å². The van der Waals surface area contributed by atoms with E-state index in [1.54, 1.807) is 7.11 Å². The van der Waals surface area contributed by atoms with E-state index in [1.165, 1.54) is 0 Å². The van der Waals surface area contributed by atoms with Gasteiger partial charge in [-0.15, -0.1) is 0 Å². The number of benzene rings is 1. The van der Waals surface area contributed by atoms with Crippen LogP contribution < -0.4 is 10.1 Å². The summed E-state index contributed by atoms with van der Waals surface area (Å²) in [7, 11) is 1.73. The first-order valence-electron chi connectivity index (χ1n) is 6.45. The Morgan fingerprint density at radius 2 is 2.00 bits per heavy atom. The van der Waals surface area contributed by atoms with E-state index >= 15 is 0 Å². The molecule has 1 aromatic rings. The van der Waals surface area contributed by atoms with Gasteiger partial charge in [-0.3, -0.25) is 0 Å². The Kier molecular flexibility index (Phi) is 7.99. The fraction of sp³-hybridized carbons (Fsp3) is 0.571. The Morgan fingerprint density at radius 3 is 2.58 bits per heavy atom. The summed E-state index contributed by atoms with van der Waals surface area (Å²) in [6, 6.07) is 4.45. The average molecular weight is 395 g/mol. The van der Waals surface area contributed by atoms with Crippen LogP contribution in [0.5, 0.6) is 5.75 Å². The van der Waals surface area contributed by atoms with E-state index in [0.717, 1.165) is 39.8 Å². The topological polar surface area (TPSA) is 30.5 Å². The molecule has 0 fully saturated rings. The van der Waals surface area contributed by atoms with E-state index < -0.39 is 0 Å². The first kappa shape index (κ1) is 17.0. The second kappa shape index (κ2) is 8.95. The Labute approximate surface area is 132 Å². The third-order valence-corrected chi connectivity index (χ3v) is 3.86. The molecule has 0 saturated carbocycles. The standard InChI is InChI=1S/C14H21Br2NO2/c1-4-12(9-18-3)17-8-10-6-11(15)7-13(16)14(10)19-5-2/h6-7,12,17H,4-5,8-9H2,1-3H3. The number of halogens is 2. The molecule has 0 bridgehead atoms. The third-order valence-electron chi connectivity index (χ3n) is 2.82. The van der Waals surface area contributed by atoms with Crippen molar-refractivity contribution in [2.75, 3.05) is 20.3 Å². The van der Waals surface area contributed by atoms with E-state index in [-0.39, 0.29) is 0 Å². The molecule has 1 aromatic carbocycles. The highest BCUT2D eigenvalue weighted by atomic mass is 79.9. The second-order valence-electron chi connectivity index (χ2n) is 4.25. The minimum Gasteiger partial charge on any atom is -0.492 e. The SMILES string of the molecule is CCOc1c(Br)cc(Br)cc1CNC(CC)COC. The monoisotopic (exact) mass is 393 g/mol. The van der Waals surface area contributed by atoms with Gasteiger partial charge in [0.05, 0.1) is 17.7 Å². The molecular weight excluding hydrogens is 374 g/mol. The van der Waals surface area contributed by atoms with Gasteiger partial charge in [-0.25, -0.2) is 0 Å². The summed E-state index contributed by atoms with van der Waals surface area (Å²) < 4.78 is 12.9. The average Bonchev–Trinajstić information content (AvgIpc) is 2.38. The van der Waals surface area contributed by atoms with Gasteiger partial charge in [-0.2, -0.15) is 0 Å². The fourth-order valence-electron chi connectivity index (χ4n) is 1.83. The summed E-state index contributed by atoms with van der Waals surface area (Å²) in [5.74, 6) is 0.908. The summed E-state index contributed by atoms with van der Waals surface area (Å²) in [6.45, 7) is 6.27. The van der Waals surface area contributed by atoms with E-state index in [4.69, 9.17) is 9.47 Å². The van der Waals surface area contributed by atoms with Crippen LogP contribution >= 0.6 is 31.9 Å². The maximum absolute atomic E-state index is 5.71. The second-order valence-corrected chi connectivity index (χ2v) is 6.02. The van der Waals surface area contributed by atoms with Gasteiger partial charge in [0, 0.05) is 29.7 Å². The van der Waals surface area contributed by atoms with Crippen molar-refractivity contribution in [3.05, 3.63) is 26.6 Å². The van der Waals surface area contributed by atoms with Gasteiger partial charge in [0.1, 0.15) is 5.75 Å². The van der Waals surface area contributed by atoms with Gasteiger partial charge in [0.2, 0.25) is 0 Å². The molecule has 0 saturated heterocycles. The van der Waals surface area contributed by atoms with Gasteiger partial charge < -0.3 is 14.8 Å². The molecule has 0 spiro atoms. The van der Waals surface area contributed by atoms with Crippen LogP contribution in [0.4, 0.5) is 0 Å². The lowest BCUT2D eigenvalue weighted by Gasteiger charge is -2.18. The Balaban J connectivity index is 2.80. The minimum absolute atomic E-state index is 0.359. The van der Waals surface area contributed by atoms with E-state index in [2.05, 4.69) is 50.2 Å². The van der Waals surface area contributed by atoms with E-state index in [9.17, 15) is 0 Å². The summed E-state index contributed by atoms with van der Waals surface area (Å²) in [5, 5.41) is 3.49. The predicted molar refractivity (Wildman–Crippen MR) is 85.8 cm³/mol. The zero-order valence-corrected chi connectivity index (χ0v) is 14.8. The molecule has 5 heteroatoms. The lowest BCUT2D eigenvalue weighted by molar-refractivity contribution is 0.163. The van der Waals surface area contributed by atoms with E-state index in [0.29, 0.717) is 12.6 Å². The molecule has 0 aromatic heterocycles. The van der Waals surface area contributed by atoms with Gasteiger partial charge in [0.15, 0.2) is 0 Å². The highest BCUT2D eigenvalue weighted by molar-refractivity contribution is 9.11.